The number of amides is 3. The van der Waals surface area contributed by atoms with Gasteiger partial charge in [0, 0.05) is 50.3 Å². The van der Waals surface area contributed by atoms with E-state index in [0.717, 1.165) is 37.7 Å². The maximum atomic E-state index is 14.2. The topological polar surface area (TPSA) is 132 Å². The summed E-state index contributed by atoms with van der Waals surface area (Å²) in [5.74, 6) is 0.0985. The molecule has 2 aliphatic carbocycles. The number of hydrogen-bond donors (Lipinski definition) is 2. The molecule has 278 valence electrons. The molecular formula is C38H56FN3O8. The lowest BCUT2D eigenvalue weighted by Crippen LogP contribution is -2.50. The molecule has 1 saturated heterocycles. The highest BCUT2D eigenvalue weighted by Crippen LogP contribution is 2.42. The molecular weight excluding hydrogens is 645 g/mol. The van der Waals surface area contributed by atoms with Gasteiger partial charge in [-0.3, -0.25) is 9.59 Å². The zero-order chi connectivity index (χ0) is 35.8. The van der Waals surface area contributed by atoms with Crippen LogP contribution in [0, 0.1) is 23.7 Å². The Hall–Kier alpha value is -3.41. The molecule has 2 heterocycles. The summed E-state index contributed by atoms with van der Waals surface area (Å²) in [7, 11) is 1.60. The number of fused-ring (bicyclic) bond motifs is 1. The Balaban J connectivity index is 1.22. The van der Waals surface area contributed by atoms with Crippen LogP contribution in [0.4, 0.5) is 14.9 Å². The first-order valence-corrected chi connectivity index (χ1v) is 18.6. The van der Waals surface area contributed by atoms with Crippen molar-refractivity contribution < 1.29 is 42.5 Å². The van der Waals surface area contributed by atoms with Gasteiger partial charge in [-0.1, -0.05) is 32.1 Å². The zero-order valence-corrected chi connectivity index (χ0v) is 30.2. The number of esters is 1. The first-order valence-electron chi connectivity index (χ1n) is 18.6. The SMILES string of the molecule is COCCCOC(=O)C1Cc2cc(NC(=O)[C@@H]3[C@H](C4CCCCC4)CCN3C(=O)[C@H]3CC[C@H]([C@@H](CF)NC(=O)OC(C)(C)C)CC3)ccc2O1. The third-order valence-corrected chi connectivity index (χ3v) is 10.8. The van der Waals surface area contributed by atoms with Crippen LogP contribution >= 0.6 is 0 Å². The molecule has 4 aliphatic rings. The number of benzene rings is 1. The highest BCUT2D eigenvalue weighted by atomic mass is 19.1. The van der Waals surface area contributed by atoms with Crippen molar-refractivity contribution in [3.05, 3.63) is 23.8 Å². The fraction of sp³-hybridized carbons (Fsp3) is 0.737. The first-order chi connectivity index (χ1) is 24.0. The Morgan fingerprint density at radius 3 is 2.42 bits per heavy atom. The molecule has 2 aliphatic heterocycles. The minimum Gasteiger partial charge on any atom is -0.478 e. The summed E-state index contributed by atoms with van der Waals surface area (Å²) in [6, 6.07) is 4.14. The van der Waals surface area contributed by atoms with E-state index in [1.54, 1.807) is 40.0 Å². The third-order valence-electron chi connectivity index (χ3n) is 10.8. The monoisotopic (exact) mass is 701 g/mol. The van der Waals surface area contributed by atoms with E-state index in [1.165, 1.54) is 6.42 Å². The minimum atomic E-state index is -0.736. The molecule has 1 aromatic rings. The third kappa shape index (κ3) is 9.67. The highest BCUT2D eigenvalue weighted by molar-refractivity contribution is 5.98. The van der Waals surface area contributed by atoms with E-state index in [4.69, 9.17) is 18.9 Å². The molecule has 3 fully saturated rings. The number of nitrogens with zero attached hydrogens (tertiary/aromatic N) is 1. The molecule has 4 atom stereocenters. The number of nitrogens with one attached hydrogen (secondary N) is 2. The van der Waals surface area contributed by atoms with Crippen LogP contribution in [0.2, 0.25) is 0 Å². The zero-order valence-electron chi connectivity index (χ0n) is 30.2. The number of carbonyl (C=O) groups excluding carboxylic acids is 4. The molecule has 5 rings (SSSR count). The average Bonchev–Trinajstić information content (AvgIpc) is 3.73. The summed E-state index contributed by atoms with van der Waals surface area (Å²) in [5.41, 5.74) is 0.735. The number of anilines is 1. The maximum Gasteiger partial charge on any atom is 0.407 e. The van der Waals surface area contributed by atoms with Crippen LogP contribution in [0.1, 0.15) is 97.0 Å². The molecule has 3 amide bonds. The minimum absolute atomic E-state index is 0.00647. The molecule has 0 spiro atoms. The molecule has 0 aromatic heterocycles. The van der Waals surface area contributed by atoms with Crippen molar-refractivity contribution in [1.82, 2.24) is 10.2 Å². The van der Waals surface area contributed by atoms with E-state index in [1.807, 2.05) is 11.0 Å². The fourth-order valence-corrected chi connectivity index (χ4v) is 8.34. The molecule has 0 bridgehead atoms. The van der Waals surface area contributed by atoms with Crippen molar-refractivity contribution in [3.8, 4) is 5.75 Å². The molecule has 11 nitrogen and oxygen atoms in total. The second-order valence-corrected chi connectivity index (χ2v) is 15.5. The van der Waals surface area contributed by atoms with Gasteiger partial charge < -0.3 is 34.5 Å². The first kappa shape index (κ1) is 37.8. The second-order valence-electron chi connectivity index (χ2n) is 15.5. The van der Waals surface area contributed by atoms with Gasteiger partial charge >= 0.3 is 12.1 Å². The van der Waals surface area contributed by atoms with Gasteiger partial charge in [0.25, 0.3) is 0 Å². The number of ether oxygens (including phenoxy) is 4. The number of alkyl halides is 1. The van der Waals surface area contributed by atoms with Crippen molar-refractivity contribution in [3.63, 3.8) is 0 Å². The van der Waals surface area contributed by atoms with Crippen molar-refractivity contribution in [1.29, 1.82) is 0 Å². The molecule has 12 heteroatoms. The van der Waals surface area contributed by atoms with E-state index in [0.29, 0.717) is 69.0 Å². The highest BCUT2D eigenvalue weighted by Gasteiger charge is 2.47. The van der Waals surface area contributed by atoms with Crippen LogP contribution in [0.15, 0.2) is 18.2 Å². The standard InChI is InChI=1S/C38H56FN3O8/c1-38(2,3)50-37(46)41-30(23-39)25-11-13-26(14-12-25)35(44)42-18-17-29(24-9-6-5-7-10-24)33(42)34(43)40-28-15-16-31-27(21-28)22-32(49-31)36(45)48-20-8-19-47-4/h15-16,21,24-26,29-30,32-33H,5-14,17-20,22-23H2,1-4H3,(H,40,43)(H,41,46)/t25-,26-,29-,30+,32?,33-/m0/s1. The van der Waals surface area contributed by atoms with E-state index >= 15 is 0 Å². The summed E-state index contributed by atoms with van der Waals surface area (Å²) >= 11 is 0. The van der Waals surface area contributed by atoms with Crippen LogP contribution in [0.3, 0.4) is 0 Å². The van der Waals surface area contributed by atoms with Gasteiger partial charge in [-0.25, -0.2) is 14.0 Å². The average molecular weight is 702 g/mol. The Kier molecular flexibility index (Phi) is 13.0. The van der Waals surface area contributed by atoms with Crippen LogP contribution in [0.25, 0.3) is 0 Å². The van der Waals surface area contributed by atoms with E-state index in [2.05, 4.69) is 10.6 Å². The maximum absolute atomic E-state index is 14.2. The van der Waals surface area contributed by atoms with Crippen LogP contribution in [0.5, 0.6) is 5.75 Å². The second kappa shape index (κ2) is 17.2. The molecule has 0 radical (unpaired) electrons. The fourth-order valence-electron chi connectivity index (χ4n) is 8.34. The van der Waals surface area contributed by atoms with E-state index in [-0.39, 0.29) is 36.2 Å². The number of likely N-dealkylation sites (tertiary alicyclic amines) is 1. The lowest BCUT2D eigenvalue weighted by Gasteiger charge is -2.37. The van der Waals surface area contributed by atoms with Crippen LogP contribution in [-0.4, -0.2) is 86.1 Å². The summed E-state index contributed by atoms with van der Waals surface area (Å²) < 4.78 is 35.6. The van der Waals surface area contributed by atoms with Gasteiger partial charge in [0.05, 0.1) is 12.6 Å². The van der Waals surface area contributed by atoms with Crippen LogP contribution in [-0.2, 0) is 35.0 Å². The van der Waals surface area contributed by atoms with Gasteiger partial charge in [0.15, 0.2) is 6.10 Å². The molecule has 2 saturated carbocycles. The van der Waals surface area contributed by atoms with E-state index in [9.17, 15) is 23.6 Å². The molecule has 1 unspecified atom stereocenters. The molecule has 2 N–H and O–H groups in total. The number of rotatable bonds is 12. The number of halogens is 1. The Bertz CT molecular complexity index is 1340. The van der Waals surface area contributed by atoms with Crippen LogP contribution < -0.4 is 15.4 Å². The summed E-state index contributed by atoms with van der Waals surface area (Å²) in [4.78, 5) is 55.0. The quantitative estimate of drug-likeness (QED) is 0.201. The molecule has 1 aromatic carbocycles. The molecule has 50 heavy (non-hydrogen) atoms. The smallest absolute Gasteiger partial charge is 0.407 e. The summed E-state index contributed by atoms with van der Waals surface area (Å²) in [6.07, 6.45) is 8.36. The van der Waals surface area contributed by atoms with Gasteiger partial charge in [0.2, 0.25) is 11.8 Å². The lowest BCUT2D eigenvalue weighted by atomic mass is 9.76. The largest absolute Gasteiger partial charge is 0.478 e. The Morgan fingerprint density at radius 1 is 1.00 bits per heavy atom. The Morgan fingerprint density at radius 2 is 1.74 bits per heavy atom. The Labute approximate surface area is 295 Å². The summed E-state index contributed by atoms with van der Waals surface area (Å²) in [5, 5.41) is 5.81. The number of hydrogen-bond acceptors (Lipinski definition) is 8. The predicted octanol–water partition coefficient (Wildman–Crippen LogP) is 5.97. The van der Waals surface area contributed by atoms with Crippen molar-refractivity contribution in [2.45, 2.75) is 122 Å². The van der Waals surface area contributed by atoms with Gasteiger partial charge in [-0.05, 0) is 88.8 Å². The van der Waals surface area contributed by atoms with Crippen molar-refractivity contribution in [2.24, 2.45) is 23.7 Å². The predicted molar refractivity (Wildman–Crippen MR) is 185 cm³/mol. The van der Waals surface area contributed by atoms with Gasteiger partial charge in [-0.2, -0.15) is 0 Å². The van der Waals surface area contributed by atoms with Gasteiger partial charge in [-0.15, -0.1) is 0 Å². The summed E-state index contributed by atoms with van der Waals surface area (Å²) in [6.45, 7) is 5.90. The van der Waals surface area contributed by atoms with Crippen molar-refractivity contribution >= 4 is 29.6 Å². The van der Waals surface area contributed by atoms with Crippen molar-refractivity contribution in [2.75, 3.05) is 38.9 Å². The van der Waals surface area contributed by atoms with Gasteiger partial charge in [0.1, 0.15) is 24.1 Å². The number of alkyl carbamates (subject to hydrolysis) is 1. The van der Waals surface area contributed by atoms with E-state index < -0.39 is 42.5 Å². The lowest BCUT2D eigenvalue weighted by molar-refractivity contribution is -0.151. The number of carbonyl (C=O) groups is 4. The normalized spacial score (nSPS) is 26.0. The number of methoxy groups -OCH3 is 1.